The molecule has 0 unspecified atom stereocenters. The first-order chi connectivity index (χ1) is 23.0. The van der Waals surface area contributed by atoms with Gasteiger partial charge in [0.05, 0.1) is 5.92 Å². The van der Waals surface area contributed by atoms with Gasteiger partial charge in [0.25, 0.3) is 0 Å². The standard InChI is InChI=1S/C37H48O13/c1-19(2)34(43)50-27-21(4)28(49-25-14-12-11-13-15-25)29(46-22(5)38)33(48-24(7)40)35(8,9)17-16-20(3)30(41)37(45)18-36(10,44)32(47-23(6)39)26(27)31(37)42/h11-17,19-20,26-29,32-33,44-45H,4,18H2,1-3,5-10H3/b17-16+/t20-,26+,27-,28-,29+,32+,33+,36+,37+/m0/s1. The second kappa shape index (κ2) is 15.3. The summed E-state index contributed by atoms with van der Waals surface area (Å²) in [6, 6.07) is 8.15. The van der Waals surface area contributed by atoms with Crippen LogP contribution in [0.25, 0.3) is 0 Å². The lowest BCUT2D eigenvalue weighted by Gasteiger charge is -2.49. The molecule has 9 atom stereocenters. The van der Waals surface area contributed by atoms with Gasteiger partial charge < -0.3 is 33.9 Å². The van der Waals surface area contributed by atoms with Gasteiger partial charge in [0.15, 0.2) is 35.5 Å². The molecule has 0 radical (unpaired) electrons. The van der Waals surface area contributed by atoms with Crippen molar-refractivity contribution in [2.24, 2.45) is 23.2 Å². The van der Waals surface area contributed by atoms with Crippen molar-refractivity contribution in [3.63, 3.8) is 0 Å². The number of esters is 4. The van der Waals surface area contributed by atoms with Crippen molar-refractivity contribution in [2.75, 3.05) is 0 Å². The molecule has 13 nitrogen and oxygen atoms in total. The maximum absolute atomic E-state index is 14.6. The highest BCUT2D eigenvalue weighted by Crippen LogP contribution is 2.45. The number of hydrogen-bond acceptors (Lipinski definition) is 13. The van der Waals surface area contributed by atoms with E-state index in [0.29, 0.717) is 0 Å². The molecule has 3 rings (SSSR count). The molecule has 0 amide bonds. The maximum atomic E-state index is 14.6. The van der Waals surface area contributed by atoms with Crippen LogP contribution >= 0.6 is 0 Å². The first-order valence-corrected chi connectivity index (χ1v) is 16.4. The van der Waals surface area contributed by atoms with E-state index in [9.17, 15) is 39.0 Å². The third-order valence-electron chi connectivity index (χ3n) is 8.89. The lowest BCUT2D eigenvalue weighted by atomic mass is 9.62. The molecule has 1 aromatic rings. The summed E-state index contributed by atoms with van der Waals surface area (Å²) in [5.74, 6) is -9.31. The van der Waals surface area contributed by atoms with Gasteiger partial charge in [-0.2, -0.15) is 0 Å². The Morgan fingerprint density at radius 2 is 1.36 bits per heavy atom. The number of para-hydroxylation sites is 1. The van der Waals surface area contributed by atoms with Gasteiger partial charge in [-0.05, 0) is 19.1 Å². The van der Waals surface area contributed by atoms with Crippen molar-refractivity contribution in [1.82, 2.24) is 0 Å². The Kier molecular flexibility index (Phi) is 12.2. The van der Waals surface area contributed by atoms with Crippen LogP contribution in [-0.2, 0) is 47.7 Å². The molecule has 0 aromatic heterocycles. The molecule has 274 valence electrons. The van der Waals surface area contributed by atoms with Gasteiger partial charge in [-0.1, -0.05) is 71.5 Å². The van der Waals surface area contributed by atoms with Crippen LogP contribution in [0.1, 0.15) is 68.7 Å². The highest BCUT2D eigenvalue weighted by Gasteiger charge is 2.65. The van der Waals surface area contributed by atoms with Crippen molar-refractivity contribution in [3.8, 4) is 5.75 Å². The Hall–Kier alpha value is -4.36. The second-order valence-electron chi connectivity index (χ2n) is 14.2. The fourth-order valence-corrected chi connectivity index (χ4v) is 6.44. The van der Waals surface area contributed by atoms with Crippen LogP contribution in [0.2, 0.25) is 0 Å². The Morgan fingerprint density at radius 3 is 1.88 bits per heavy atom. The zero-order valence-electron chi connectivity index (χ0n) is 30.0. The summed E-state index contributed by atoms with van der Waals surface area (Å²) in [5.41, 5.74) is -6.62. The predicted molar refractivity (Wildman–Crippen MR) is 177 cm³/mol. The van der Waals surface area contributed by atoms with Crippen LogP contribution in [0.5, 0.6) is 5.75 Å². The van der Waals surface area contributed by atoms with Gasteiger partial charge in [-0.25, -0.2) is 0 Å². The number of Topliss-reactive ketones (excluding diaryl/α,β-unsaturated/α-hetero) is 2. The number of allylic oxidation sites excluding steroid dienone is 1. The fraction of sp³-hybridized carbons (Fsp3) is 0.568. The van der Waals surface area contributed by atoms with Gasteiger partial charge in [-0.3, -0.25) is 28.8 Å². The summed E-state index contributed by atoms with van der Waals surface area (Å²) >= 11 is 0. The smallest absolute Gasteiger partial charge is 0.308 e. The van der Waals surface area contributed by atoms with Crippen LogP contribution in [0.15, 0.2) is 54.6 Å². The molecular weight excluding hydrogens is 652 g/mol. The minimum absolute atomic E-state index is 0.197. The quantitative estimate of drug-likeness (QED) is 0.183. The van der Waals surface area contributed by atoms with Crippen molar-refractivity contribution in [1.29, 1.82) is 0 Å². The lowest BCUT2D eigenvalue weighted by molar-refractivity contribution is -0.212. The number of carbonyl (C=O) groups excluding carboxylic acids is 6. The molecule has 2 bridgehead atoms. The zero-order valence-corrected chi connectivity index (χ0v) is 30.0. The van der Waals surface area contributed by atoms with Crippen LogP contribution in [0, 0.1) is 23.2 Å². The Bertz CT molecular complexity index is 1520. The average Bonchev–Trinajstić information content (AvgIpc) is 3.01. The van der Waals surface area contributed by atoms with E-state index in [1.807, 2.05) is 0 Å². The molecule has 0 heterocycles. The lowest BCUT2D eigenvalue weighted by Crippen LogP contribution is -2.69. The number of fused-ring (bicyclic) bond motifs is 2. The molecule has 2 aliphatic carbocycles. The monoisotopic (exact) mass is 700 g/mol. The zero-order chi connectivity index (χ0) is 37.9. The number of aliphatic hydroxyl groups is 2. The molecular formula is C37H48O13. The number of carbonyl (C=O) groups is 6. The number of rotatable bonds is 7. The molecule has 1 saturated carbocycles. The summed E-state index contributed by atoms with van der Waals surface area (Å²) in [4.78, 5) is 80.0. The molecule has 13 heteroatoms. The number of benzene rings is 1. The third-order valence-corrected chi connectivity index (χ3v) is 8.89. The van der Waals surface area contributed by atoms with Gasteiger partial charge >= 0.3 is 23.9 Å². The minimum atomic E-state index is -2.87. The predicted octanol–water partition coefficient (Wildman–Crippen LogP) is 3.23. The summed E-state index contributed by atoms with van der Waals surface area (Å²) < 4.78 is 29.5. The minimum Gasteiger partial charge on any atom is -0.482 e. The fourth-order valence-electron chi connectivity index (χ4n) is 6.44. The van der Waals surface area contributed by atoms with Crippen molar-refractivity contribution in [3.05, 3.63) is 54.6 Å². The van der Waals surface area contributed by atoms with E-state index in [-0.39, 0.29) is 11.3 Å². The van der Waals surface area contributed by atoms with E-state index in [2.05, 4.69) is 6.58 Å². The second-order valence-corrected chi connectivity index (χ2v) is 14.2. The normalized spacial score (nSPS) is 33.5. The van der Waals surface area contributed by atoms with E-state index in [1.165, 1.54) is 39.8 Å². The van der Waals surface area contributed by atoms with Crippen molar-refractivity contribution < 1.29 is 62.7 Å². The first-order valence-electron chi connectivity index (χ1n) is 16.4. The first kappa shape index (κ1) is 40.1. The highest BCUT2D eigenvalue weighted by molar-refractivity contribution is 6.13. The van der Waals surface area contributed by atoms with Crippen molar-refractivity contribution >= 4 is 35.4 Å². The highest BCUT2D eigenvalue weighted by atomic mass is 16.6. The van der Waals surface area contributed by atoms with Crippen LogP contribution in [0.3, 0.4) is 0 Å². The van der Waals surface area contributed by atoms with Gasteiger partial charge in [0, 0.05) is 44.1 Å². The van der Waals surface area contributed by atoms with Crippen LogP contribution in [-0.4, -0.2) is 87.4 Å². The summed E-state index contributed by atoms with van der Waals surface area (Å²) in [6.45, 7) is 16.4. The maximum Gasteiger partial charge on any atom is 0.308 e. The molecule has 1 fully saturated rings. The SMILES string of the molecule is C=C1[C@H](Oc2ccccc2)[C@@H](OC(C)=O)[C@@H](OC(C)=O)C(C)(C)/C=C/[C@H](C)C(=O)[C@]2(O)C[C@@](C)(O)[C@H](OC(C)=O)[C@@H](C2=O)[C@H]1OC(=O)C(C)C. The van der Waals surface area contributed by atoms with Crippen LogP contribution in [0.4, 0.5) is 0 Å². The Labute approximate surface area is 291 Å². The molecule has 0 aliphatic heterocycles. The van der Waals surface area contributed by atoms with Crippen LogP contribution < -0.4 is 4.74 Å². The van der Waals surface area contributed by atoms with E-state index >= 15 is 0 Å². The van der Waals surface area contributed by atoms with Gasteiger partial charge in [0.2, 0.25) is 0 Å². The summed E-state index contributed by atoms with van der Waals surface area (Å²) in [5, 5.41) is 23.8. The number of ether oxygens (including phenoxy) is 5. The summed E-state index contributed by atoms with van der Waals surface area (Å²) in [7, 11) is 0. The third kappa shape index (κ3) is 8.67. The molecule has 0 saturated heterocycles. The number of ketones is 2. The van der Waals surface area contributed by atoms with E-state index in [0.717, 1.165) is 20.8 Å². The molecule has 1 aromatic carbocycles. The Morgan fingerprint density at radius 1 is 0.820 bits per heavy atom. The Balaban J connectivity index is 2.53. The molecule has 2 N–H and O–H groups in total. The molecule has 50 heavy (non-hydrogen) atoms. The molecule has 2 aliphatic rings. The van der Waals surface area contributed by atoms with Crippen molar-refractivity contribution in [2.45, 2.75) is 110 Å². The van der Waals surface area contributed by atoms with Gasteiger partial charge in [0.1, 0.15) is 29.5 Å². The topological polar surface area (TPSA) is 189 Å². The van der Waals surface area contributed by atoms with Gasteiger partial charge in [-0.15, -0.1) is 0 Å². The molecule has 0 spiro atoms. The summed E-state index contributed by atoms with van der Waals surface area (Å²) in [6.07, 6.45) is -6.12. The number of hydrogen-bond donors (Lipinski definition) is 2. The average molecular weight is 701 g/mol. The van der Waals surface area contributed by atoms with E-state index < -0.39 is 107 Å². The van der Waals surface area contributed by atoms with E-state index in [4.69, 9.17) is 23.7 Å². The van der Waals surface area contributed by atoms with E-state index in [1.54, 1.807) is 44.2 Å². The largest absolute Gasteiger partial charge is 0.482 e.